The number of ether oxygens (including phenoxy) is 1. The second-order valence-corrected chi connectivity index (χ2v) is 17.3. The van der Waals surface area contributed by atoms with Crippen LogP contribution in [0.4, 0.5) is 22.7 Å². The van der Waals surface area contributed by atoms with Crippen molar-refractivity contribution >= 4 is 60.0 Å². The van der Waals surface area contributed by atoms with E-state index in [9.17, 15) is 33.4 Å². The van der Waals surface area contributed by atoms with Gasteiger partial charge in [-0.1, -0.05) is 42.5 Å². The van der Waals surface area contributed by atoms with E-state index in [1.807, 2.05) is 71.4 Å². The van der Waals surface area contributed by atoms with Crippen LogP contribution in [0.15, 0.2) is 103 Å². The molecule has 0 fully saturated rings. The Morgan fingerprint density at radius 2 is 1.10 bits per heavy atom. The van der Waals surface area contributed by atoms with Gasteiger partial charge >= 0.3 is 13.8 Å². The lowest BCUT2D eigenvalue weighted by atomic mass is 10.00. The summed E-state index contributed by atoms with van der Waals surface area (Å²) in [5.74, 6) is -2.12. The first-order chi connectivity index (χ1) is 29.8. The smallest absolute Gasteiger partial charge is 0.460 e. The van der Waals surface area contributed by atoms with Gasteiger partial charge < -0.3 is 35.4 Å². The number of phosphoric ester groups is 1. The first-order valence-electron chi connectivity index (χ1n) is 20.1. The minimum Gasteiger partial charge on any atom is -0.460 e. The number of hydrogen-bond acceptors (Lipinski definition) is 10. The molecule has 0 aliphatic carbocycles. The predicted octanol–water partition coefficient (Wildman–Crippen LogP) is 7.89. The lowest BCUT2D eigenvalue weighted by Crippen LogP contribution is -2.37. The van der Waals surface area contributed by atoms with E-state index >= 15 is 0 Å². The van der Waals surface area contributed by atoms with Crippen LogP contribution in [0, 0.1) is 13.8 Å². The third-order valence-electron chi connectivity index (χ3n) is 9.71. The Bertz CT molecular complexity index is 2570. The zero-order valence-electron chi connectivity index (χ0n) is 36.4. The third kappa shape index (κ3) is 14.3. The average molecular weight is 879 g/mol. The molecule has 0 bridgehead atoms. The van der Waals surface area contributed by atoms with E-state index in [1.54, 1.807) is 55.6 Å². The molecule has 15 nitrogen and oxygen atoms in total. The Kier molecular flexibility index (Phi) is 15.9. The van der Waals surface area contributed by atoms with Crippen molar-refractivity contribution < 1.29 is 51.7 Å². The normalized spacial score (nSPS) is 12.1. The van der Waals surface area contributed by atoms with Crippen LogP contribution < -0.4 is 21.3 Å². The monoisotopic (exact) mass is 878 g/mol. The summed E-state index contributed by atoms with van der Waals surface area (Å²) in [6, 6.07) is 28.9. The minimum absolute atomic E-state index is 0.00271. The molecule has 0 aliphatic heterocycles. The molecule has 5 aromatic rings. The minimum atomic E-state index is -4.33. The number of aryl methyl sites for hydroxylation is 2. The summed E-state index contributed by atoms with van der Waals surface area (Å²) in [5, 5.41) is 11.6. The molecular weight excluding hydrogens is 826 g/mol. The summed E-state index contributed by atoms with van der Waals surface area (Å²) in [4.78, 5) is 74.2. The first kappa shape index (κ1) is 47.6. The molecule has 0 radical (unpaired) electrons. The summed E-state index contributed by atoms with van der Waals surface area (Å²) in [7, 11) is 3.04. The van der Waals surface area contributed by atoms with E-state index in [0.29, 0.717) is 45.6 Å². The second kappa shape index (κ2) is 21.1. The van der Waals surface area contributed by atoms with Crippen molar-refractivity contribution in [2.75, 3.05) is 75.8 Å². The van der Waals surface area contributed by atoms with Gasteiger partial charge in [-0.2, -0.15) is 0 Å². The van der Waals surface area contributed by atoms with Crippen LogP contribution in [0.5, 0.6) is 0 Å². The molecule has 5 aromatic carbocycles. The summed E-state index contributed by atoms with van der Waals surface area (Å²) in [5.41, 5.74) is 7.22. The summed E-state index contributed by atoms with van der Waals surface area (Å²) in [6.07, 6.45) is 0.610. The molecule has 1 unspecified atom stereocenters. The Balaban J connectivity index is 1.15. The van der Waals surface area contributed by atoms with Crippen LogP contribution in [-0.4, -0.2) is 93.4 Å². The van der Waals surface area contributed by atoms with Crippen molar-refractivity contribution in [2.24, 2.45) is 0 Å². The van der Waals surface area contributed by atoms with E-state index in [1.165, 1.54) is 25.1 Å². The number of rotatable bonds is 19. The molecule has 0 spiro atoms. The molecule has 1 atom stereocenters. The number of esters is 1. The van der Waals surface area contributed by atoms with Crippen LogP contribution in [0.2, 0.25) is 0 Å². The number of amides is 3. The number of ketones is 1. The van der Waals surface area contributed by atoms with Gasteiger partial charge in [-0.25, -0.2) is 9.36 Å². The Labute approximate surface area is 367 Å². The second-order valence-electron chi connectivity index (χ2n) is 15.9. The molecule has 16 heteroatoms. The predicted molar refractivity (Wildman–Crippen MR) is 243 cm³/mol. The van der Waals surface area contributed by atoms with Crippen LogP contribution in [0.25, 0.3) is 0 Å². The molecule has 0 heterocycles. The third-order valence-corrected chi connectivity index (χ3v) is 10.7. The van der Waals surface area contributed by atoms with E-state index < -0.39 is 25.6 Å². The zero-order valence-corrected chi connectivity index (χ0v) is 37.3. The lowest BCUT2D eigenvalue weighted by Gasteiger charge is -2.24. The quantitative estimate of drug-likeness (QED) is 0.0178. The van der Waals surface area contributed by atoms with Gasteiger partial charge in [-0.15, -0.1) is 0 Å². The van der Waals surface area contributed by atoms with Crippen molar-refractivity contribution in [1.82, 2.24) is 0 Å². The number of nitrogens with one attached hydrogen (secondary N) is 4. The number of carbonyl (C=O) groups is 5. The molecule has 0 saturated carbocycles. The standard InChI is InChI=1S/C47H52N5O10P/c1-30-22-33(14-16-42(30)50-45(55)36-11-8-10-35(25-36)32(3)53)24-34-15-17-43(31(2)23-34)51-46(56)38-13-9-12-37(26-38)44(54)49-41-28-39(27-40(29-41)48-4)47(57)60-20-21-62-63(58,59)61-19-18-52(5,6)7/h8-17,22-23,25-29,48H,18-21,24H2,1-7H3,(H3-,49,50,51,54,55,56,58,59)/p+1. The van der Waals surface area contributed by atoms with Crippen LogP contribution >= 0.6 is 7.82 Å². The Morgan fingerprint density at radius 1 is 0.603 bits per heavy atom. The Morgan fingerprint density at radius 3 is 1.60 bits per heavy atom. The number of quaternary nitrogens is 1. The fourth-order valence-corrected chi connectivity index (χ4v) is 6.95. The average Bonchev–Trinajstić information content (AvgIpc) is 3.23. The highest BCUT2D eigenvalue weighted by molar-refractivity contribution is 7.47. The SMILES string of the molecule is CNc1cc(NC(=O)c2cccc(C(=O)Nc3ccc(Cc4ccc(NC(=O)c5cccc(C(C)=O)c5)c(C)c4)cc3C)c2)cc(C(=O)OCCOP(=O)(O)OCC[N+](C)(C)C)c1. The Hall–Kier alpha value is -6.48. The molecule has 63 heavy (non-hydrogen) atoms. The van der Waals surface area contributed by atoms with Gasteiger partial charge in [-0.05, 0) is 110 Å². The summed E-state index contributed by atoms with van der Waals surface area (Å²) < 4.78 is 27.8. The van der Waals surface area contributed by atoms with Gasteiger partial charge in [-0.3, -0.25) is 28.2 Å². The van der Waals surface area contributed by atoms with Crippen LogP contribution in [0.1, 0.15) is 81.0 Å². The molecule has 5 N–H and O–H groups in total. The number of likely N-dealkylation sites (N-methyl/N-ethyl adjacent to an activating group) is 1. The van der Waals surface area contributed by atoms with Crippen LogP contribution in [0.3, 0.4) is 0 Å². The molecule has 0 aromatic heterocycles. The molecule has 5 rings (SSSR count). The maximum atomic E-state index is 13.4. The van der Waals surface area contributed by atoms with Crippen molar-refractivity contribution in [2.45, 2.75) is 27.2 Å². The fraction of sp³-hybridized carbons (Fsp3) is 0.255. The molecule has 330 valence electrons. The van der Waals surface area contributed by atoms with Crippen LogP contribution in [-0.2, 0) is 24.8 Å². The maximum absolute atomic E-state index is 13.4. The number of phosphoric acid groups is 1. The zero-order chi connectivity index (χ0) is 45.9. The van der Waals surface area contributed by atoms with Gasteiger partial charge in [0, 0.05) is 52.1 Å². The van der Waals surface area contributed by atoms with Gasteiger partial charge in [0.15, 0.2) is 5.78 Å². The number of anilines is 4. The largest absolute Gasteiger partial charge is 0.472 e. The van der Waals surface area contributed by atoms with Gasteiger partial charge in [0.2, 0.25) is 0 Å². The number of hydrogen-bond donors (Lipinski definition) is 5. The van der Waals surface area contributed by atoms with Gasteiger partial charge in [0.1, 0.15) is 19.8 Å². The lowest BCUT2D eigenvalue weighted by molar-refractivity contribution is -0.870. The summed E-state index contributed by atoms with van der Waals surface area (Å²) >= 11 is 0. The van der Waals surface area contributed by atoms with Crippen molar-refractivity contribution in [3.63, 3.8) is 0 Å². The number of carbonyl (C=O) groups excluding carboxylic acids is 5. The number of nitrogens with zero attached hydrogens (tertiary/aromatic N) is 1. The highest BCUT2D eigenvalue weighted by atomic mass is 31.2. The first-order valence-corrected chi connectivity index (χ1v) is 21.5. The number of Topliss-reactive ketones (excluding diaryl/α,β-unsaturated/α-hetero) is 1. The maximum Gasteiger partial charge on any atom is 0.472 e. The van der Waals surface area contributed by atoms with Gasteiger partial charge in [0.05, 0.1) is 33.3 Å². The van der Waals surface area contributed by atoms with E-state index in [4.69, 9.17) is 13.8 Å². The van der Waals surface area contributed by atoms with Crippen molar-refractivity contribution in [3.8, 4) is 0 Å². The van der Waals surface area contributed by atoms with Crippen molar-refractivity contribution in [1.29, 1.82) is 0 Å². The number of benzene rings is 5. The summed E-state index contributed by atoms with van der Waals surface area (Å²) in [6.45, 7) is 5.04. The molecule has 0 saturated heterocycles. The van der Waals surface area contributed by atoms with Crippen molar-refractivity contribution in [3.05, 3.63) is 153 Å². The molecule has 0 aliphatic rings. The molecular formula is C47H53N5O10P+. The van der Waals surface area contributed by atoms with E-state index in [-0.39, 0.29) is 53.9 Å². The van der Waals surface area contributed by atoms with E-state index in [2.05, 4.69) is 21.3 Å². The highest BCUT2D eigenvalue weighted by Gasteiger charge is 2.23. The van der Waals surface area contributed by atoms with E-state index in [0.717, 1.165) is 22.3 Å². The molecule has 3 amide bonds. The fourth-order valence-electron chi connectivity index (χ4n) is 6.26. The topological polar surface area (TPSA) is 198 Å². The highest BCUT2D eigenvalue weighted by Crippen LogP contribution is 2.42. The van der Waals surface area contributed by atoms with Gasteiger partial charge in [0.25, 0.3) is 17.7 Å².